The minimum absolute atomic E-state index is 0.154. The molecule has 2 aromatic carbocycles. The molecule has 3 rings (SSSR count). The van der Waals surface area contributed by atoms with Crippen molar-refractivity contribution in [2.45, 2.75) is 37.5 Å². The molecule has 1 heterocycles. The number of rotatable bonds is 5. The van der Waals surface area contributed by atoms with Crippen LogP contribution in [0.4, 0.5) is 5.69 Å². The first kappa shape index (κ1) is 20.7. The Morgan fingerprint density at radius 3 is 2.29 bits per heavy atom. The molecule has 1 aliphatic rings. The minimum Gasteiger partial charge on any atom is -0.341 e. The molecule has 7 heteroatoms. The molecule has 0 radical (unpaired) electrons. The van der Waals surface area contributed by atoms with Gasteiger partial charge < -0.3 is 4.90 Å². The van der Waals surface area contributed by atoms with Crippen LogP contribution in [0, 0.1) is 6.92 Å². The van der Waals surface area contributed by atoms with E-state index in [1.54, 1.807) is 53.4 Å². The summed E-state index contributed by atoms with van der Waals surface area (Å²) in [7, 11) is -3.90. The quantitative estimate of drug-likeness (QED) is 0.726. The van der Waals surface area contributed by atoms with E-state index in [0.717, 1.165) is 35.6 Å². The summed E-state index contributed by atoms with van der Waals surface area (Å²) in [5.41, 5.74) is 1.35. The fourth-order valence-electron chi connectivity index (χ4n) is 3.33. The molecule has 0 bridgehead atoms. The van der Waals surface area contributed by atoms with Gasteiger partial charge in [0.25, 0.3) is 10.0 Å². The van der Waals surface area contributed by atoms with Gasteiger partial charge in [0.1, 0.15) is 6.54 Å². The van der Waals surface area contributed by atoms with Gasteiger partial charge in [0.15, 0.2) is 0 Å². The lowest BCUT2D eigenvalue weighted by Crippen LogP contribution is -2.43. The molecule has 0 N–H and O–H groups in total. The SMILES string of the molecule is Cc1ccc(S(=O)(=O)N(CC(=O)N2CCCCCC2)c2cccc(Cl)c2)cc1. The van der Waals surface area contributed by atoms with E-state index in [4.69, 9.17) is 11.6 Å². The van der Waals surface area contributed by atoms with Crippen LogP contribution >= 0.6 is 11.6 Å². The average Bonchev–Trinajstić information content (AvgIpc) is 2.95. The summed E-state index contributed by atoms with van der Waals surface area (Å²) in [6.45, 7) is 3.00. The number of sulfonamides is 1. The van der Waals surface area contributed by atoms with Crippen LogP contribution in [0.5, 0.6) is 0 Å². The second kappa shape index (κ2) is 8.97. The number of halogens is 1. The standard InChI is InChI=1S/C21H25ClN2O3S/c1-17-9-11-20(12-10-17)28(26,27)24(19-8-6-7-18(22)15-19)16-21(25)23-13-4-2-3-5-14-23/h6-12,15H,2-5,13-14,16H2,1H3. The van der Waals surface area contributed by atoms with Gasteiger partial charge in [-0.15, -0.1) is 0 Å². The van der Waals surface area contributed by atoms with Crippen LogP contribution in [0.2, 0.25) is 5.02 Å². The highest BCUT2D eigenvalue weighted by Crippen LogP contribution is 2.26. The molecule has 1 saturated heterocycles. The van der Waals surface area contributed by atoms with Crippen molar-refractivity contribution in [1.29, 1.82) is 0 Å². The van der Waals surface area contributed by atoms with Crippen molar-refractivity contribution in [2.75, 3.05) is 23.9 Å². The van der Waals surface area contributed by atoms with Crippen molar-refractivity contribution >= 4 is 33.2 Å². The van der Waals surface area contributed by atoms with Crippen molar-refractivity contribution in [3.63, 3.8) is 0 Å². The van der Waals surface area contributed by atoms with E-state index in [1.165, 1.54) is 0 Å². The zero-order valence-corrected chi connectivity index (χ0v) is 17.5. The number of hydrogen-bond donors (Lipinski definition) is 0. The van der Waals surface area contributed by atoms with E-state index in [-0.39, 0.29) is 17.3 Å². The van der Waals surface area contributed by atoms with Gasteiger partial charge in [-0.05, 0) is 50.1 Å². The molecule has 0 aliphatic carbocycles. The number of carbonyl (C=O) groups is 1. The fourth-order valence-corrected chi connectivity index (χ4v) is 4.92. The predicted octanol–water partition coefficient (Wildman–Crippen LogP) is 4.25. The molecule has 1 amide bonds. The summed E-state index contributed by atoms with van der Waals surface area (Å²) in [6.07, 6.45) is 4.11. The molecule has 150 valence electrons. The lowest BCUT2D eigenvalue weighted by molar-refractivity contribution is -0.129. The molecule has 0 unspecified atom stereocenters. The Bertz CT molecular complexity index is 921. The van der Waals surface area contributed by atoms with Crippen LogP contribution in [-0.4, -0.2) is 38.9 Å². The Morgan fingerprint density at radius 2 is 1.68 bits per heavy atom. The number of benzene rings is 2. The third-order valence-electron chi connectivity index (χ3n) is 4.94. The number of hydrogen-bond acceptors (Lipinski definition) is 3. The lowest BCUT2D eigenvalue weighted by atomic mass is 10.2. The van der Waals surface area contributed by atoms with Crippen LogP contribution < -0.4 is 4.31 Å². The normalized spacial score (nSPS) is 15.1. The van der Waals surface area contributed by atoms with Gasteiger partial charge in [-0.1, -0.05) is 48.2 Å². The first-order chi connectivity index (χ1) is 13.4. The molecule has 1 aliphatic heterocycles. The van der Waals surface area contributed by atoms with E-state index in [2.05, 4.69) is 0 Å². The van der Waals surface area contributed by atoms with Crippen LogP contribution in [0.3, 0.4) is 0 Å². The highest BCUT2D eigenvalue weighted by molar-refractivity contribution is 7.92. The number of aryl methyl sites for hydroxylation is 1. The van der Waals surface area contributed by atoms with E-state index >= 15 is 0 Å². The zero-order valence-electron chi connectivity index (χ0n) is 16.0. The van der Waals surface area contributed by atoms with Crippen molar-refractivity contribution < 1.29 is 13.2 Å². The van der Waals surface area contributed by atoms with Crippen molar-refractivity contribution in [2.24, 2.45) is 0 Å². The molecular formula is C21H25ClN2O3S. The predicted molar refractivity (Wildman–Crippen MR) is 112 cm³/mol. The van der Waals surface area contributed by atoms with Crippen LogP contribution in [-0.2, 0) is 14.8 Å². The van der Waals surface area contributed by atoms with Gasteiger partial charge in [0.05, 0.1) is 10.6 Å². The van der Waals surface area contributed by atoms with Gasteiger partial charge in [-0.25, -0.2) is 8.42 Å². The van der Waals surface area contributed by atoms with Crippen molar-refractivity contribution in [3.8, 4) is 0 Å². The first-order valence-electron chi connectivity index (χ1n) is 9.51. The maximum Gasteiger partial charge on any atom is 0.264 e. The van der Waals surface area contributed by atoms with Crippen LogP contribution in [0.25, 0.3) is 0 Å². The third kappa shape index (κ3) is 4.86. The van der Waals surface area contributed by atoms with Crippen LogP contribution in [0.1, 0.15) is 31.2 Å². The Morgan fingerprint density at radius 1 is 1.04 bits per heavy atom. The summed E-state index contributed by atoms with van der Waals surface area (Å²) in [6, 6.07) is 13.2. The molecule has 0 atom stereocenters. The molecule has 0 aromatic heterocycles. The maximum absolute atomic E-state index is 13.4. The first-order valence-corrected chi connectivity index (χ1v) is 11.3. The average molecular weight is 421 g/mol. The fraction of sp³-hybridized carbons (Fsp3) is 0.381. The summed E-state index contributed by atoms with van der Waals surface area (Å²) >= 11 is 6.10. The van der Waals surface area contributed by atoms with Crippen molar-refractivity contribution in [3.05, 3.63) is 59.1 Å². The second-order valence-electron chi connectivity index (χ2n) is 7.10. The van der Waals surface area contributed by atoms with E-state index in [1.807, 2.05) is 6.92 Å². The number of amides is 1. The summed E-state index contributed by atoms with van der Waals surface area (Å²) in [5.74, 6) is -0.183. The Labute approximate surface area is 172 Å². The van der Waals surface area contributed by atoms with E-state index in [9.17, 15) is 13.2 Å². The maximum atomic E-state index is 13.4. The second-order valence-corrected chi connectivity index (χ2v) is 9.40. The van der Waals surface area contributed by atoms with Gasteiger partial charge >= 0.3 is 0 Å². The summed E-state index contributed by atoms with van der Waals surface area (Å²) < 4.78 is 27.9. The Hall–Kier alpha value is -2.05. The van der Waals surface area contributed by atoms with Gasteiger partial charge in [-0.3, -0.25) is 9.10 Å². The molecule has 2 aromatic rings. The minimum atomic E-state index is -3.90. The van der Waals surface area contributed by atoms with E-state index < -0.39 is 10.0 Å². The number of likely N-dealkylation sites (tertiary alicyclic amines) is 1. The third-order valence-corrected chi connectivity index (χ3v) is 6.97. The van der Waals surface area contributed by atoms with Gasteiger partial charge in [-0.2, -0.15) is 0 Å². The smallest absolute Gasteiger partial charge is 0.264 e. The Kier molecular flexibility index (Phi) is 6.62. The van der Waals surface area contributed by atoms with Crippen LogP contribution in [0.15, 0.2) is 53.4 Å². The zero-order chi connectivity index (χ0) is 20.1. The topological polar surface area (TPSA) is 57.7 Å². The highest BCUT2D eigenvalue weighted by Gasteiger charge is 2.29. The van der Waals surface area contributed by atoms with E-state index in [0.29, 0.717) is 23.8 Å². The molecule has 0 saturated carbocycles. The van der Waals surface area contributed by atoms with Crippen molar-refractivity contribution in [1.82, 2.24) is 4.90 Å². The summed E-state index contributed by atoms with van der Waals surface area (Å²) in [5, 5.41) is 0.420. The number of carbonyl (C=O) groups excluding carboxylic acids is 1. The number of anilines is 1. The monoisotopic (exact) mass is 420 g/mol. The molecule has 0 spiro atoms. The molecule has 5 nitrogen and oxygen atoms in total. The van der Waals surface area contributed by atoms with Gasteiger partial charge in [0.2, 0.25) is 5.91 Å². The lowest BCUT2D eigenvalue weighted by Gasteiger charge is -2.28. The molecule has 1 fully saturated rings. The molecular weight excluding hydrogens is 396 g/mol. The Balaban J connectivity index is 1.95. The number of nitrogens with zero attached hydrogens (tertiary/aromatic N) is 2. The largest absolute Gasteiger partial charge is 0.341 e. The molecule has 28 heavy (non-hydrogen) atoms. The van der Waals surface area contributed by atoms with Gasteiger partial charge in [0, 0.05) is 18.1 Å². The summed E-state index contributed by atoms with van der Waals surface area (Å²) in [4.78, 5) is 14.9. The highest BCUT2D eigenvalue weighted by atomic mass is 35.5.